The van der Waals surface area contributed by atoms with Crippen LogP contribution in [0.4, 0.5) is 0 Å². The highest BCUT2D eigenvalue weighted by Gasteiger charge is 2.32. The molecule has 2 rings (SSSR count). The lowest BCUT2D eigenvalue weighted by molar-refractivity contribution is 0.264. The van der Waals surface area contributed by atoms with Gasteiger partial charge < -0.3 is 15.5 Å². The van der Waals surface area contributed by atoms with E-state index in [-0.39, 0.29) is 29.4 Å². The number of halogens is 1. The summed E-state index contributed by atoms with van der Waals surface area (Å²) >= 11 is 1.81. The number of hydrogen-bond donors (Lipinski definition) is 2. The first kappa shape index (κ1) is 21.7. The second kappa shape index (κ2) is 9.97. The molecule has 1 unspecified atom stereocenters. The van der Waals surface area contributed by atoms with Crippen LogP contribution in [0.3, 0.4) is 0 Å². The minimum absolute atomic E-state index is 0. The first-order valence-corrected chi connectivity index (χ1v) is 9.54. The van der Waals surface area contributed by atoms with Crippen LogP contribution in [0.2, 0.25) is 0 Å². The second-order valence-electron chi connectivity index (χ2n) is 7.31. The molecule has 0 saturated heterocycles. The summed E-state index contributed by atoms with van der Waals surface area (Å²) in [4.78, 5) is 8.56. The molecule has 1 aliphatic rings. The maximum atomic E-state index is 4.83. The second-order valence-corrected chi connectivity index (χ2v) is 8.25. The molecule has 0 bridgehead atoms. The minimum atomic E-state index is 0. The fraction of sp³-hybridized carbons (Fsp3) is 0.722. The van der Waals surface area contributed by atoms with Crippen LogP contribution in [0.5, 0.6) is 0 Å². The maximum absolute atomic E-state index is 4.83. The van der Waals surface area contributed by atoms with Gasteiger partial charge in [0.1, 0.15) is 0 Å². The van der Waals surface area contributed by atoms with E-state index in [2.05, 4.69) is 67.9 Å². The number of hydrogen-bond acceptors (Lipinski definition) is 3. The first-order chi connectivity index (χ1) is 10.9. The quantitative estimate of drug-likeness (QED) is 0.351. The Morgan fingerprint density at radius 3 is 2.58 bits per heavy atom. The lowest BCUT2D eigenvalue weighted by atomic mass is 9.92. The van der Waals surface area contributed by atoms with Gasteiger partial charge in [-0.25, -0.2) is 0 Å². The van der Waals surface area contributed by atoms with Crippen molar-refractivity contribution >= 4 is 41.3 Å². The van der Waals surface area contributed by atoms with Crippen LogP contribution < -0.4 is 10.6 Å². The van der Waals surface area contributed by atoms with E-state index in [4.69, 9.17) is 4.99 Å². The highest BCUT2D eigenvalue weighted by atomic mass is 127. The van der Waals surface area contributed by atoms with Gasteiger partial charge in [0.25, 0.3) is 0 Å². The van der Waals surface area contributed by atoms with Crippen LogP contribution in [-0.2, 0) is 5.41 Å². The number of guanidine groups is 1. The van der Waals surface area contributed by atoms with Gasteiger partial charge in [-0.15, -0.1) is 35.3 Å². The number of likely N-dealkylation sites (N-methyl/N-ethyl adjacent to an activating group) is 1. The van der Waals surface area contributed by atoms with Gasteiger partial charge in [-0.1, -0.05) is 19.9 Å². The van der Waals surface area contributed by atoms with Crippen LogP contribution in [0.1, 0.15) is 38.5 Å². The van der Waals surface area contributed by atoms with Crippen molar-refractivity contribution in [2.24, 2.45) is 10.9 Å². The molecule has 1 atom stereocenters. The summed E-state index contributed by atoms with van der Waals surface area (Å²) in [6, 6.07) is 4.92. The fourth-order valence-electron chi connectivity index (χ4n) is 2.81. The van der Waals surface area contributed by atoms with E-state index in [0.717, 1.165) is 31.5 Å². The molecule has 0 aromatic carbocycles. The van der Waals surface area contributed by atoms with Crippen molar-refractivity contribution in [1.82, 2.24) is 15.5 Å². The normalized spacial score (nSPS) is 16.7. The van der Waals surface area contributed by atoms with E-state index < -0.39 is 0 Å². The molecule has 4 nitrogen and oxygen atoms in total. The van der Waals surface area contributed by atoms with Gasteiger partial charge in [0, 0.05) is 29.4 Å². The zero-order chi connectivity index (χ0) is 16.9. The lowest BCUT2D eigenvalue weighted by Gasteiger charge is -2.26. The third kappa shape index (κ3) is 6.52. The molecule has 1 heterocycles. The molecule has 0 aliphatic heterocycles. The standard InChI is InChI=1S/C18H32N4S.HI/c1-6-19-17(20-12-15(22(4)5)14-9-10-14)21-13-18(2,3)16-8-7-11-23-16;/h7-8,11,14-15H,6,9-10,12-13H2,1-5H3,(H2,19,20,21);1H. The van der Waals surface area contributed by atoms with E-state index in [1.165, 1.54) is 17.7 Å². The van der Waals surface area contributed by atoms with Crippen molar-refractivity contribution in [3.63, 3.8) is 0 Å². The number of nitrogens with zero attached hydrogens (tertiary/aromatic N) is 2. The summed E-state index contributed by atoms with van der Waals surface area (Å²) in [5.74, 6) is 1.78. The maximum Gasteiger partial charge on any atom is 0.191 e. The Labute approximate surface area is 168 Å². The van der Waals surface area contributed by atoms with Gasteiger partial charge >= 0.3 is 0 Å². The van der Waals surface area contributed by atoms with Crippen molar-refractivity contribution in [2.75, 3.05) is 33.7 Å². The van der Waals surface area contributed by atoms with Crippen LogP contribution in [0.15, 0.2) is 22.5 Å². The van der Waals surface area contributed by atoms with E-state index >= 15 is 0 Å². The van der Waals surface area contributed by atoms with Gasteiger partial charge in [0.05, 0.1) is 6.54 Å². The van der Waals surface area contributed by atoms with Gasteiger partial charge in [-0.2, -0.15) is 0 Å². The Bertz CT molecular complexity index is 493. The molecule has 2 N–H and O–H groups in total. The van der Waals surface area contributed by atoms with Crippen molar-refractivity contribution in [3.8, 4) is 0 Å². The average molecular weight is 464 g/mol. The van der Waals surface area contributed by atoms with Gasteiger partial charge in [0.2, 0.25) is 0 Å². The highest BCUT2D eigenvalue weighted by molar-refractivity contribution is 14.0. The summed E-state index contributed by atoms with van der Waals surface area (Å²) in [7, 11) is 4.35. The molecular weight excluding hydrogens is 431 g/mol. The van der Waals surface area contributed by atoms with Crippen LogP contribution in [0, 0.1) is 5.92 Å². The third-order valence-corrected chi connectivity index (χ3v) is 5.71. The number of thiophene rings is 1. The third-order valence-electron chi connectivity index (χ3n) is 4.47. The van der Waals surface area contributed by atoms with Gasteiger partial charge in [-0.3, -0.25) is 4.99 Å². The largest absolute Gasteiger partial charge is 0.357 e. The predicted octanol–water partition coefficient (Wildman–Crippen LogP) is 3.54. The van der Waals surface area contributed by atoms with E-state index in [9.17, 15) is 0 Å². The summed E-state index contributed by atoms with van der Waals surface area (Å²) < 4.78 is 0. The molecule has 0 radical (unpaired) electrons. The molecule has 1 saturated carbocycles. The summed E-state index contributed by atoms with van der Waals surface area (Å²) in [6.07, 6.45) is 2.73. The summed E-state index contributed by atoms with van der Waals surface area (Å²) in [6.45, 7) is 9.28. The molecule has 0 spiro atoms. The lowest BCUT2D eigenvalue weighted by Crippen LogP contribution is -2.46. The highest BCUT2D eigenvalue weighted by Crippen LogP contribution is 2.34. The molecule has 1 aliphatic carbocycles. The molecule has 1 fully saturated rings. The van der Waals surface area contributed by atoms with Gasteiger partial charge in [-0.05, 0) is 51.2 Å². The fourth-order valence-corrected chi connectivity index (χ4v) is 3.66. The van der Waals surface area contributed by atoms with Crippen LogP contribution in [0.25, 0.3) is 0 Å². The Morgan fingerprint density at radius 1 is 1.38 bits per heavy atom. The number of nitrogens with one attached hydrogen (secondary N) is 2. The Kier molecular flexibility index (Phi) is 9.01. The van der Waals surface area contributed by atoms with Crippen molar-refractivity contribution in [2.45, 2.75) is 45.1 Å². The SMILES string of the molecule is CCNC(=NCC(C)(C)c1cccs1)NCC(C1CC1)N(C)C.I. The molecule has 138 valence electrons. The number of aliphatic imine (C=N–C) groups is 1. The Hall–Kier alpha value is -0.340. The van der Waals surface area contributed by atoms with Crippen molar-refractivity contribution < 1.29 is 0 Å². The predicted molar refractivity (Wildman–Crippen MR) is 117 cm³/mol. The first-order valence-electron chi connectivity index (χ1n) is 8.66. The van der Waals surface area contributed by atoms with Crippen molar-refractivity contribution in [3.05, 3.63) is 22.4 Å². The summed E-state index contributed by atoms with van der Waals surface area (Å²) in [5.41, 5.74) is 0.0773. The topological polar surface area (TPSA) is 39.7 Å². The molecule has 24 heavy (non-hydrogen) atoms. The zero-order valence-electron chi connectivity index (χ0n) is 15.6. The molecule has 0 amide bonds. The van der Waals surface area contributed by atoms with Crippen LogP contribution in [-0.4, -0.2) is 50.6 Å². The Balaban J connectivity index is 0.00000288. The van der Waals surface area contributed by atoms with Gasteiger partial charge in [0.15, 0.2) is 5.96 Å². The van der Waals surface area contributed by atoms with Crippen molar-refractivity contribution in [1.29, 1.82) is 0 Å². The molecule has 1 aromatic rings. The molecular formula is C18H33IN4S. The average Bonchev–Trinajstić information content (AvgIpc) is 3.15. The van der Waals surface area contributed by atoms with E-state index in [0.29, 0.717) is 6.04 Å². The molecule has 6 heteroatoms. The van der Waals surface area contributed by atoms with E-state index in [1.54, 1.807) is 0 Å². The van der Waals surface area contributed by atoms with Crippen LogP contribution >= 0.6 is 35.3 Å². The Morgan fingerprint density at radius 2 is 2.08 bits per heavy atom. The smallest absolute Gasteiger partial charge is 0.191 e. The summed E-state index contributed by atoms with van der Waals surface area (Å²) in [5, 5.41) is 9.06. The zero-order valence-corrected chi connectivity index (χ0v) is 18.8. The monoisotopic (exact) mass is 464 g/mol. The molecule has 1 aromatic heterocycles. The van der Waals surface area contributed by atoms with E-state index in [1.807, 2.05) is 11.3 Å². The number of rotatable bonds is 8. The minimum Gasteiger partial charge on any atom is -0.357 e.